The second kappa shape index (κ2) is 6.92. The quantitative estimate of drug-likeness (QED) is 0.751. The summed E-state index contributed by atoms with van der Waals surface area (Å²) in [5, 5.41) is 17.5. The van der Waals surface area contributed by atoms with Crippen LogP contribution >= 0.6 is 0 Å². The number of aliphatic carboxylic acids is 2. The topological polar surface area (TPSA) is 74.6 Å². The number of hydrogen-bond acceptors (Lipinski definition) is 2. The third-order valence-electron chi connectivity index (χ3n) is 3.24. The molecule has 0 radical (unpaired) electrons. The molecule has 0 aromatic rings. The third-order valence-corrected chi connectivity index (χ3v) is 3.24. The van der Waals surface area contributed by atoms with Crippen LogP contribution in [0, 0.1) is 5.41 Å². The maximum absolute atomic E-state index is 10.8. The minimum atomic E-state index is -1.08. The summed E-state index contributed by atoms with van der Waals surface area (Å²) in [5.41, 5.74) is -0.949. The van der Waals surface area contributed by atoms with Crippen molar-refractivity contribution in [3.63, 3.8) is 0 Å². The normalized spacial score (nSPS) is 25.0. The molecule has 4 heteroatoms. The van der Waals surface area contributed by atoms with Gasteiger partial charge in [-0.05, 0) is 39.0 Å². The molecular formula is C15H20O4. The van der Waals surface area contributed by atoms with E-state index in [0.29, 0.717) is 0 Å². The summed E-state index contributed by atoms with van der Waals surface area (Å²) >= 11 is 0. The Hall–Kier alpha value is -1.84. The fourth-order valence-corrected chi connectivity index (χ4v) is 1.94. The van der Waals surface area contributed by atoms with Crippen molar-refractivity contribution in [3.8, 4) is 0 Å². The van der Waals surface area contributed by atoms with Crippen molar-refractivity contribution in [2.75, 3.05) is 0 Å². The largest absolute Gasteiger partial charge is 0.481 e. The first-order valence-electron chi connectivity index (χ1n) is 6.46. The highest BCUT2D eigenvalue weighted by molar-refractivity contribution is 5.90. The van der Waals surface area contributed by atoms with Gasteiger partial charge in [-0.15, -0.1) is 0 Å². The van der Waals surface area contributed by atoms with Crippen LogP contribution in [-0.4, -0.2) is 22.2 Å². The number of carbonyl (C=O) groups is 2. The first-order valence-corrected chi connectivity index (χ1v) is 6.46. The van der Waals surface area contributed by atoms with Gasteiger partial charge in [0, 0.05) is 5.57 Å². The molecule has 0 saturated heterocycles. The van der Waals surface area contributed by atoms with Gasteiger partial charge in [0.05, 0.1) is 5.41 Å². The molecule has 0 fully saturated rings. The van der Waals surface area contributed by atoms with Crippen molar-refractivity contribution >= 4 is 11.9 Å². The highest BCUT2D eigenvalue weighted by Gasteiger charge is 2.34. The van der Waals surface area contributed by atoms with Gasteiger partial charge in [-0.25, -0.2) is 4.79 Å². The summed E-state index contributed by atoms with van der Waals surface area (Å²) in [6.07, 6.45) is 14.4. The Labute approximate surface area is 113 Å². The van der Waals surface area contributed by atoms with Gasteiger partial charge in [0.1, 0.15) is 0 Å². The Morgan fingerprint density at radius 3 is 2.11 bits per heavy atom. The van der Waals surface area contributed by atoms with E-state index in [1.807, 2.05) is 0 Å². The van der Waals surface area contributed by atoms with E-state index in [2.05, 4.69) is 12.2 Å². The highest BCUT2D eigenvalue weighted by Crippen LogP contribution is 2.31. The summed E-state index contributed by atoms with van der Waals surface area (Å²) in [7, 11) is 0. The molecule has 0 amide bonds. The Balaban J connectivity index is 0.000000250. The third kappa shape index (κ3) is 4.73. The van der Waals surface area contributed by atoms with Gasteiger partial charge in [-0.1, -0.05) is 30.4 Å². The van der Waals surface area contributed by atoms with Crippen molar-refractivity contribution in [2.24, 2.45) is 5.41 Å². The van der Waals surface area contributed by atoms with Gasteiger partial charge >= 0.3 is 11.9 Å². The number of allylic oxidation sites excluding steroid dienone is 4. The van der Waals surface area contributed by atoms with Gasteiger partial charge in [0.15, 0.2) is 0 Å². The minimum Gasteiger partial charge on any atom is -0.481 e. The SMILES string of the molecule is C1=CCCCC1.CC1(C(=O)O)C=CC=C(C(=O)O)C1. The molecule has 0 aliphatic heterocycles. The molecule has 0 spiro atoms. The van der Waals surface area contributed by atoms with E-state index in [4.69, 9.17) is 10.2 Å². The molecule has 2 aliphatic carbocycles. The second-order valence-corrected chi connectivity index (χ2v) is 5.01. The van der Waals surface area contributed by atoms with E-state index in [-0.39, 0.29) is 12.0 Å². The average molecular weight is 264 g/mol. The van der Waals surface area contributed by atoms with Crippen LogP contribution in [0.25, 0.3) is 0 Å². The molecule has 19 heavy (non-hydrogen) atoms. The van der Waals surface area contributed by atoms with Gasteiger partial charge < -0.3 is 10.2 Å². The van der Waals surface area contributed by atoms with Crippen molar-refractivity contribution in [1.82, 2.24) is 0 Å². The lowest BCUT2D eigenvalue weighted by molar-refractivity contribution is -0.145. The summed E-state index contributed by atoms with van der Waals surface area (Å²) in [4.78, 5) is 21.3. The molecule has 2 rings (SSSR count). The first-order chi connectivity index (χ1) is 8.96. The molecule has 2 N–H and O–H groups in total. The molecule has 1 atom stereocenters. The highest BCUT2D eigenvalue weighted by atomic mass is 16.4. The van der Waals surface area contributed by atoms with Crippen LogP contribution in [0.4, 0.5) is 0 Å². The van der Waals surface area contributed by atoms with E-state index >= 15 is 0 Å². The Bertz CT molecular complexity index is 423. The second-order valence-electron chi connectivity index (χ2n) is 5.01. The summed E-state index contributed by atoms with van der Waals surface area (Å²) in [6, 6.07) is 0. The molecule has 1 unspecified atom stereocenters. The molecular weight excluding hydrogens is 244 g/mol. The summed E-state index contributed by atoms with van der Waals surface area (Å²) in [6.45, 7) is 1.50. The number of carboxylic acid groups (broad SMARTS) is 2. The van der Waals surface area contributed by atoms with Crippen molar-refractivity contribution < 1.29 is 19.8 Å². The van der Waals surface area contributed by atoms with E-state index in [1.165, 1.54) is 50.8 Å². The smallest absolute Gasteiger partial charge is 0.331 e. The predicted octanol–water partition coefficient (Wildman–Crippen LogP) is 3.16. The van der Waals surface area contributed by atoms with Crippen LogP contribution in [0.5, 0.6) is 0 Å². The van der Waals surface area contributed by atoms with Crippen molar-refractivity contribution in [1.29, 1.82) is 0 Å². The fourth-order valence-electron chi connectivity index (χ4n) is 1.94. The predicted molar refractivity (Wildman–Crippen MR) is 72.8 cm³/mol. The van der Waals surface area contributed by atoms with Gasteiger partial charge in [0.25, 0.3) is 0 Å². The van der Waals surface area contributed by atoms with E-state index in [0.717, 1.165) is 0 Å². The van der Waals surface area contributed by atoms with Crippen LogP contribution < -0.4 is 0 Å². The lowest BCUT2D eigenvalue weighted by Crippen LogP contribution is -2.28. The van der Waals surface area contributed by atoms with Crippen LogP contribution in [0.15, 0.2) is 36.0 Å². The molecule has 0 bridgehead atoms. The maximum atomic E-state index is 10.8. The Kier molecular flexibility index (Phi) is 5.55. The summed E-state index contributed by atoms with van der Waals surface area (Å²) in [5.74, 6) is -2.06. The number of hydrogen-bond donors (Lipinski definition) is 2. The van der Waals surface area contributed by atoms with Crippen molar-refractivity contribution in [2.45, 2.75) is 39.0 Å². The number of carboxylic acids is 2. The van der Waals surface area contributed by atoms with E-state index < -0.39 is 17.4 Å². The average Bonchev–Trinajstić information content (AvgIpc) is 2.41. The molecule has 0 aromatic carbocycles. The lowest BCUT2D eigenvalue weighted by Gasteiger charge is -2.23. The molecule has 0 heterocycles. The molecule has 4 nitrogen and oxygen atoms in total. The molecule has 2 aliphatic rings. The lowest BCUT2D eigenvalue weighted by atomic mass is 9.80. The monoisotopic (exact) mass is 264 g/mol. The minimum absolute atomic E-state index is 0.0359. The van der Waals surface area contributed by atoms with Gasteiger partial charge in [-0.3, -0.25) is 4.79 Å². The van der Waals surface area contributed by atoms with Gasteiger partial charge in [-0.2, -0.15) is 0 Å². The standard InChI is InChI=1S/C9H10O4.C6H10/c1-9(8(12)13)4-2-3-6(5-9)7(10)11;1-2-4-6-5-3-1/h2-4H,5H2,1H3,(H,10,11)(H,12,13);1-2H,3-6H2. The van der Waals surface area contributed by atoms with Crippen LogP contribution in [0.3, 0.4) is 0 Å². The molecule has 0 aromatic heterocycles. The van der Waals surface area contributed by atoms with E-state index in [9.17, 15) is 9.59 Å². The van der Waals surface area contributed by atoms with Gasteiger partial charge in [0.2, 0.25) is 0 Å². The zero-order valence-corrected chi connectivity index (χ0v) is 11.1. The first kappa shape index (κ1) is 15.2. The fraction of sp³-hybridized carbons (Fsp3) is 0.467. The van der Waals surface area contributed by atoms with E-state index in [1.54, 1.807) is 0 Å². The Morgan fingerprint density at radius 2 is 1.74 bits per heavy atom. The zero-order valence-electron chi connectivity index (χ0n) is 11.1. The number of rotatable bonds is 2. The van der Waals surface area contributed by atoms with Crippen LogP contribution in [0.1, 0.15) is 39.0 Å². The molecule has 104 valence electrons. The Morgan fingerprint density at radius 1 is 1.16 bits per heavy atom. The maximum Gasteiger partial charge on any atom is 0.331 e. The van der Waals surface area contributed by atoms with Crippen molar-refractivity contribution in [3.05, 3.63) is 36.0 Å². The van der Waals surface area contributed by atoms with Crippen LogP contribution in [-0.2, 0) is 9.59 Å². The van der Waals surface area contributed by atoms with Crippen LogP contribution in [0.2, 0.25) is 0 Å². The zero-order chi connectivity index (χ0) is 14.3. The molecule has 0 saturated carbocycles. The summed E-state index contributed by atoms with van der Waals surface area (Å²) < 4.78 is 0.